The maximum Gasteiger partial charge on any atom is 0.326 e. The Balaban J connectivity index is 1.82. The largest absolute Gasteiger partial charge is 0.476 e. The molecule has 1 aliphatic carbocycles. The van der Waals surface area contributed by atoms with Crippen molar-refractivity contribution in [2.24, 2.45) is 0 Å². The molecule has 0 spiro atoms. The molecule has 1 amide bonds. The van der Waals surface area contributed by atoms with Crippen molar-refractivity contribution >= 4 is 29.2 Å². The number of hydrogen-bond acceptors (Lipinski definition) is 4. The highest BCUT2D eigenvalue weighted by Gasteiger charge is 2.42. The number of amides is 1. The number of anilines is 1. The van der Waals surface area contributed by atoms with Crippen molar-refractivity contribution in [3.05, 3.63) is 23.2 Å². The zero-order valence-corrected chi connectivity index (χ0v) is 14.1. The summed E-state index contributed by atoms with van der Waals surface area (Å²) < 4.78 is 11.2. The molecule has 1 aliphatic heterocycles. The molecule has 23 heavy (non-hydrogen) atoms. The zero-order chi connectivity index (χ0) is 16.6. The lowest BCUT2D eigenvalue weighted by Gasteiger charge is -2.38. The van der Waals surface area contributed by atoms with E-state index in [0.29, 0.717) is 16.5 Å². The monoisotopic (exact) mass is 337 g/mol. The van der Waals surface area contributed by atoms with Crippen molar-refractivity contribution in [1.82, 2.24) is 0 Å². The number of benzene rings is 1. The average molecular weight is 338 g/mol. The molecule has 2 aliphatic rings. The van der Waals surface area contributed by atoms with Gasteiger partial charge in [0.05, 0.1) is 5.69 Å². The van der Waals surface area contributed by atoms with Gasteiger partial charge in [0.1, 0.15) is 18.4 Å². The first-order valence-corrected chi connectivity index (χ1v) is 8.24. The van der Waals surface area contributed by atoms with Gasteiger partial charge in [0.15, 0.2) is 5.60 Å². The van der Waals surface area contributed by atoms with Crippen LogP contribution in [0.1, 0.15) is 39.5 Å². The van der Waals surface area contributed by atoms with Crippen molar-refractivity contribution in [2.45, 2.75) is 51.2 Å². The number of hydrogen-bond donors (Lipinski definition) is 0. The maximum absolute atomic E-state index is 12.6. The van der Waals surface area contributed by atoms with Crippen LogP contribution in [0.3, 0.4) is 0 Å². The van der Waals surface area contributed by atoms with Gasteiger partial charge < -0.3 is 9.47 Å². The first-order valence-electron chi connectivity index (χ1n) is 7.87. The summed E-state index contributed by atoms with van der Waals surface area (Å²) in [5, 5.41) is 0.481. The van der Waals surface area contributed by atoms with E-state index in [1.165, 1.54) is 4.90 Å². The second-order valence-electron chi connectivity index (χ2n) is 6.51. The number of carbonyl (C=O) groups is 2. The van der Waals surface area contributed by atoms with Crippen LogP contribution < -0.4 is 9.64 Å². The first kappa shape index (κ1) is 16.1. The quantitative estimate of drug-likeness (QED) is 0.794. The van der Waals surface area contributed by atoms with Crippen LogP contribution in [0.2, 0.25) is 5.02 Å². The molecule has 124 valence electrons. The summed E-state index contributed by atoms with van der Waals surface area (Å²) in [4.78, 5) is 26.3. The van der Waals surface area contributed by atoms with E-state index < -0.39 is 11.6 Å². The van der Waals surface area contributed by atoms with Gasteiger partial charge in [0, 0.05) is 5.02 Å². The van der Waals surface area contributed by atoms with E-state index in [4.69, 9.17) is 21.1 Å². The van der Waals surface area contributed by atoms with E-state index in [1.54, 1.807) is 32.0 Å². The number of esters is 1. The van der Waals surface area contributed by atoms with Crippen molar-refractivity contribution in [2.75, 3.05) is 11.4 Å². The van der Waals surface area contributed by atoms with Gasteiger partial charge in [-0.3, -0.25) is 14.5 Å². The summed E-state index contributed by atoms with van der Waals surface area (Å²) in [6.07, 6.45) is 3.94. The van der Waals surface area contributed by atoms with Crippen LogP contribution in [0.15, 0.2) is 18.2 Å². The molecule has 1 fully saturated rings. The standard InChI is InChI=1S/C17H20ClNO4/c1-17(2)16(21)19(10-15(20)22-12-5-3-4-6-12)13-9-11(18)7-8-14(13)23-17/h7-9,12H,3-6,10H2,1-2H3. The summed E-state index contributed by atoms with van der Waals surface area (Å²) >= 11 is 6.03. The summed E-state index contributed by atoms with van der Waals surface area (Å²) in [7, 11) is 0. The molecular formula is C17H20ClNO4. The number of ether oxygens (including phenoxy) is 2. The second kappa shape index (κ2) is 6.04. The van der Waals surface area contributed by atoms with E-state index >= 15 is 0 Å². The highest BCUT2D eigenvalue weighted by atomic mass is 35.5. The number of rotatable bonds is 3. The van der Waals surface area contributed by atoms with E-state index in [2.05, 4.69) is 0 Å². The van der Waals surface area contributed by atoms with E-state index in [1.807, 2.05) is 0 Å². The van der Waals surface area contributed by atoms with Gasteiger partial charge >= 0.3 is 5.97 Å². The summed E-state index contributed by atoms with van der Waals surface area (Å²) in [6, 6.07) is 5.04. The van der Waals surface area contributed by atoms with Crippen LogP contribution in [0.25, 0.3) is 0 Å². The Hall–Kier alpha value is -1.75. The lowest BCUT2D eigenvalue weighted by molar-refractivity contribution is -0.148. The molecule has 3 rings (SSSR count). The molecule has 0 radical (unpaired) electrons. The smallest absolute Gasteiger partial charge is 0.326 e. The molecule has 1 aromatic carbocycles. The molecule has 6 heteroatoms. The molecule has 0 bridgehead atoms. The van der Waals surface area contributed by atoms with Crippen LogP contribution >= 0.6 is 11.6 Å². The minimum atomic E-state index is -1.03. The average Bonchev–Trinajstić information content (AvgIpc) is 2.97. The van der Waals surface area contributed by atoms with Gasteiger partial charge in [-0.25, -0.2) is 0 Å². The summed E-state index contributed by atoms with van der Waals surface area (Å²) in [5.74, 6) is -0.141. The Kier molecular flexibility index (Phi) is 4.23. The van der Waals surface area contributed by atoms with E-state index in [0.717, 1.165) is 25.7 Å². The summed E-state index contributed by atoms with van der Waals surface area (Å²) in [6.45, 7) is 3.24. The third kappa shape index (κ3) is 3.29. The van der Waals surface area contributed by atoms with Crippen molar-refractivity contribution in [3.63, 3.8) is 0 Å². The normalized spacial score (nSPS) is 20.1. The summed E-state index contributed by atoms with van der Waals surface area (Å²) in [5.41, 5.74) is -0.528. The van der Waals surface area contributed by atoms with Gasteiger partial charge in [0.2, 0.25) is 0 Å². The molecule has 1 heterocycles. The van der Waals surface area contributed by atoms with E-state index in [-0.39, 0.29) is 18.6 Å². The van der Waals surface area contributed by atoms with Crippen molar-refractivity contribution < 1.29 is 19.1 Å². The Morgan fingerprint density at radius 3 is 2.78 bits per heavy atom. The van der Waals surface area contributed by atoms with Gasteiger partial charge in [-0.15, -0.1) is 0 Å². The van der Waals surface area contributed by atoms with Crippen LogP contribution in [-0.2, 0) is 14.3 Å². The molecule has 0 unspecified atom stereocenters. The topological polar surface area (TPSA) is 55.8 Å². The number of fused-ring (bicyclic) bond motifs is 1. The highest BCUT2D eigenvalue weighted by molar-refractivity contribution is 6.31. The molecule has 0 aromatic heterocycles. The molecule has 0 atom stereocenters. The van der Waals surface area contributed by atoms with E-state index in [9.17, 15) is 9.59 Å². The van der Waals surface area contributed by atoms with Gasteiger partial charge in [-0.2, -0.15) is 0 Å². The Morgan fingerprint density at radius 1 is 1.39 bits per heavy atom. The maximum atomic E-state index is 12.6. The minimum Gasteiger partial charge on any atom is -0.476 e. The van der Waals surface area contributed by atoms with Crippen LogP contribution in [0, 0.1) is 0 Å². The third-order valence-corrected chi connectivity index (χ3v) is 4.46. The van der Waals surface area contributed by atoms with Crippen molar-refractivity contribution in [3.8, 4) is 5.75 Å². The predicted octanol–water partition coefficient (Wildman–Crippen LogP) is 3.33. The third-order valence-electron chi connectivity index (χ3n) is 4.22. The Labute approximate surface area is 140 Å². The number of carbonyl (C=O) groups excluding carboxylic acids is 2. The molecular weight excluding hydrogens is 318 g/mol. The highest BCUT2D eigenvalue weighted by Crippen LogP contribution is 2.39. The van der Waals surface area contributed by atoms with Gasteiger partial charge in [-0.1, -0.05) is 11.6 Å². The molecule has 0 saturated heterocycles. The molecule has 0 N–H and O–H groups in total. The fraction of sp³-hybridized carbons (Fsp3) is 0.529. The van der Waals surface area contributed by atoms with Crippen LogP contribution in [-0.4, -0.2) is 30.1 Å². The minimum absolute atomic E-state index is 0.0227. The molecule has 1 aromatic rings. The fourth-order valence-electron chi connectivity index (χ4n) is 3.06. The molecule has 5 nitrogen and oxygen atoms in total. The van der Waals surface area contributed by atoms with Gasteiger partial charge in [-0.05, 0) is 57.7 Å². The molecule has 1 saturated carbocycles. The number of halogens is 1. The Morgan fingerprint density at radius 2 is 2.09 bits per heavy atom. The SMILES string of the molecule is CC1(C)Oc2ccc(Cl)cc2N(CC(=O)OC2CCCC2)C1=O. The first-order chi connectivity index (χ1) is 10.9. The van der Waals surface area contributed by atoms with Crippen molar-refractivity contribution in [1.29, 1.82) is 0 Å². The lowest BCUT2D eigenvalue weighted by Crippen LogP contribution is -2.54. The lowest BCUT2D eigenvalue weighted by atomic mass is 10.0. The predicted molar refractivity (Wildman–Crippen MR) is 86.9 cm³/mol. The zero-order valence-electron chi connectivity index (χ0n) is 13.3. The van der Waals surface area contributed by atoms with Crippen LogP contribution in [0.4, 0.5) is 5.69 Å². The second-order valence-corrected chi connectivity index (χ2v) is 6.95. The Bertz CT molecular complexity index is 637. The fourth-order valence-corrected chi connectivity index (χ4v) is 3.22. The number of nitrogens with zero attached hydrogens (tertiary/aromatic N) is 1. The van der Waals surface area contributed by atoms with Gasteiger partial charge in [0.25, 0.3) is 5.91 Å². The van der Waals surface area contributed by atoms with Crippen LogP contribution in [0.5, 0.6) is 5.75 Å².